The van der Waals surface area contributed by atoms with Crippen LogP contribution in [0.15, 0.2) is 48.5 Å². The van der Waals surface area contributed by atoms with Crippen LogP contribution < -0.4 is 14.6 Å². The highest BCUT2D eigenvalue weighted by atomic mass is 31.2. The zero-order valence-electron chi connectivity index (χ0n) is 17.4. The molecule has 0 spiro atoms. The van der Waals surface area contributed by atoms with Crippen molar-refractivity contribution in [3.05, 3.63) is 59.7 Å². The van der Waals surface area contributed by atoms with Gasteiger partial charge >= 0.3 is 13.8 Å². The summed E-state index contributed by atoms with van der Waals surface area (Å²) < 4.78 is 25.5. The maximum absolute atomic E-state index is 11.3. The molecule has 9 nitrogen and oxygen atoms in total. The van der Waals surface area contributed by atoms with Gasteiger partial charge in [-0.1, -0.05) is 24.3 Å². The Balaban J connectivity index is 1.77. The topological polar surface area (TPSA) is 135 Å². The molecule has 0 aliphatic carbocycles. The van der Waals surface area contributed by atoms with Gasteiger partial charge in [0.25, 0.3) is 0 Å². The number of nitrogens with one attached hydrogen (secondary N) is 1. The molecule has 2 aromatic carbocycles. The van der Waals surface area contributed by atoms with Crippen LogP contribution in [0.3, 0.4) is 0 Å². The van der Waals surface area contributed by atoms with Crippen molar-refractivity contribution in [2.45, 2.75) is 32.4 Å². The molecule has 0 unspecified atom stereocenters. The molecular formula is C21H28NO8P. The minimum atomic E-state index is -4.61. The van der Waals surface area contributed by atoms with Gasteiger partial charge in [-0.15, -0.1) is 0 Å². The van der Waals surface area contributed by atoms with Crippen LogP contribution in [0.1, 0.15) is 31.1 Å². The van der Waals surface area contributed by atoms with E-state index in [1.54, 1.807) is 31.2 Å². The van der Waals surface area contributed by atoms with E-state index in [1.165, 1.54) is 12.1 Å². The van der Waals surface area contributed by atoms with E-state index in [4.69, 9.17) is 19.3 Å². The second-order valence-corrected chi connectivity index (χ2v) is 7.99. The maximum Gasteiger partial charge on any atom is 0.524 e. The number of hydrogen-bond acceptors (Lipinski definition) is 7. The lowest BCUT2D eigenvalue weighted by Gasteiger charge is -2.21. The molecule has 2 rings (SSSR count). The fourth-order valence-corrected chi connectivity index (χ4v) is 3.20. The van der Waals surface area contributed by atoms with E-state index in [0.29, 0.717) is 24.5 Å². The van der Waals surface area contributed by atoms with E-state index in [-0.39, 0.29) is 18.4 Å². The van der Waals surface area contributed by atoms with Crippen LogP contribution in [0.4, 0.5) is 0 Å². The molecule has 2 atom stereocenters. The number of carbonyl (C=O) groups excluding carboxylic acids is 1. The lowest BCUT2D eigenvalue weighted by molar-refractivity contribution is -0.145. The van der Waals surface area contributed by atoms with E-state index >= 15 is 0 Å². The van der Waals surface area contributed by atoms with Gasteiger partial charge in [0.2, 0.25) is 0 Å². The Labute approximate surface area is 181 Å². The molecule has 0 fully saturated rings. The van der Waals surface area contributed by atoms with Crippen molar-refractivity contribution in [2.24, 2.45) is 0 Å². The molecule has 0 aliphatic rings. The average Bonchev–Trinajstić information content (AvgIpc) is 2.72. The van der Waals surface area contributed by atoms with Crippen LogP contribution in [-0.4, -0.2) is 46.7 Å². The molecule has 31 heavy (non-hydrogen) atoms. The summed E-state index contributed by atoms with van der Waals surface area (Å²) in [5, 5.41) is 13.7. The Morgan fingerprint density at radius 2 is 1.68 bits per heavy atom. The zero-order valence-corrected chi connectivity index (χ0v) is 18.3. The molecule has 0 radical (unpaired) electrons. The van der Waals surface area contributed by atoms with E-state index < -0.39 is 19.9 Å². The van der Waals surface area contributed by atoms with Gasteiger partial charge in [-0.3, -0.25) is 9.79 Å². The van der Waals surface area contributed by atoms with Crippen molar-refractivity contribution < 1.29 is 38.3 Å². The maximum atomic E-state index is 11.3. The third-order valence-electron chi connectivity index (χ3n) is 4.38. The third kappa shape index (κ3) is 9.08. The first kappa shape index (κ1) is 24.8. The number of esters is 1. The normalized spacial score (nSPS) is 13.3. The van der Waals surface area contributed by atoms with Crippen LogP contribution in [0, 0.1) is 0 Å². The van der Waals surface area contributed by atoms with Crippen molar-refractivity contribution in [1.29, 1.82) is 0 Å². The van der Waals surface area contributed by atoms with Crippen LogP contribution >= 0.6 is 7.82 Å². The first-order chi connectivity index (χ1) is 14.7. The van der Waals surface area contributed by atoms with Crippen LogP contribution in [0.5, 0.6) is 11.5 Å². The lowest BCUT2D eigenvalue weighted by atomic mass is 10.0. The number of aliphatic hydroxyl groups excluding tert-OH is 1. The second kappa shape index (κ2) is 11.8. The minimum absolute atomic E-state index is 0.0274. The molecule has 4 N–H and O–H groups in total. The van der Waals surface area contributed by atoms with Crippen molar-refractivity contribution in [3.63, 3.8) is 0 Å². The quantitative estimate of drug-likeness (QED) is 0.282. The van der Waals surface area contributed by atoms with Gasteiger partial charge in [0, 0.05) is 6.04 Å². The van der Waals surface area contributed by atoms with E-state index in [0.717, 1.165) is 12.0 Å². The summed E-state index contributed by atoms with van der Waals surface area (Å²) in [6.07, 6.45) is -0.0765. The first-order valence-corrected chi connectivity index (χ1v) is 11.3. The Morgan fingerprint density at radius 1 is 1.06 bits per heavy atom. The summed E-state index contributed by atoms with van der Waals surface area (Å²) in [5.41, 5.74) is 1.66. The smallest absolute Gasteiger partial charge is 0.482 e. The Hall–Kier alpha value is -2.42. The molecule has 0 saturated heterocycles. The molecule has 2 aromatic rings. The van der Waals surface area contributed by atoms with Gasteiger partial charge in [0.1, 0.15) is 11.5 Å². The molecule has 0 aliphatic heterocycles. The summed E-state index contributed by atoms with van der Waals surface area (Å²) in [6.45, 7) is 4.40. The second-order valence-electron chi connectivity index (χ2n) is 6.83. The van der Waals surface area contributed by atoms with Crippen molar-refractivity contribution >= 4 is 13.8 Å². The fourth-order valence-electron chi connectivity index (χ4n) is 2.80. The van der Waals surface area contributed by atoms with Crippen molar-refractivity contribution in [1.82, 2.24) is 5.32 Å². The van der Waals surface area contributed by atoms with Crippen LogP contribution in [-0.2, 0) is 20.5 Å². The summed E-state index contributed by atoms with van der Waals surface area (Å²) in [7, 11) is -4.61. The van der Waals surface area contributed by atoms with Crippen LogP contribution in [0.25, 0.3) is 0 Å². The van der Waals surface area contributed by atoms with Gasteiger partial charge in [-0.2, -0.15) is 0 Å². The molecule has 0 saturated carbocycles. The number of ether oxygens (including phenoxy) is 2. The Morgan fingerprint density at radius 3 is 2.26 bits per heavy atom. The highest BCUT2D eigenvalue weighted by Gasteiger charge is 2.18. The SMILES string of the molecule is CCOC(=O)COc1ccc(CCN[C@@H](C)[C@H](O)c2ccc(OP(=O)(O)O)cc2)cc1. The standard InChI is InChI=1S/C21H28NO8P/c1-3-28-20(23)14-29-18-8-4-16(5-9-18)12-13-22-15(2)21(24)17-6-10-19(11-7-17)30-31(25,26)27/h4-11,15,21-22,24H,3,12-14H2,1-2H3,(H2,25,26,27)/t15-,21-/m0/s1. The van der Waals surface area contributed by atoms with E-state index in [9.17, 15) is 14.5 Å². The number of phosphoric ester groups is 1. The predicted octanol–water partition coefficient (Wildman–Crippen LogP) is 2.35. The van der Waals surface area contributed by atoms with E-state index in [2.05, 4.69) is 9.84 Å². The van der Waals surface area contributed by atoms with Crippen LogP contribution in [0.2, 0.25) is 0 Å². The monoisotopic (exact) mass is 453 g/mol. The summed E-state index contributed by atoms with van der Waals surface area (Å²) in [5.74, 6) is 0.201. The number of carbonyl (C=O) groups is 1. The largest absolute Gasteiger partial charge is 0.524 e. The Bertz CT molecular complexity index is 866. The number of aliphatic hydroxyl groups is 1. The van der Waals surface area contributed by atoms with Gasteiger partial charge in [0.05, 0.1) is 12.7 Å². The first-order valence-electron chi connectivity index (χ1n) is 9.82. The number of benzene rings is 2. The number of hydrogen-bond donors (Lipinski definition) is 4. The number of rotatable bonds is 12. The average molecular weight is 453 g/mol. The van der Waals surface area contributed by atoms with Gasteiger partial charge in [-0.25, -0.2) is 9.36 Å². The Kier molecular flexibility index (Phi) is 9.48. The molecule has 0 aromatic heterocycles. The van der Waals surface area contributed by atoms with Gasteiger partial charge < -0.3 is 24.4 Å². The summed E-state index contributed by atoms with van der Waals surface area (Å²) in [4.78, 5) is 28.9. The zero-order chi connectivity index (χ0) is 22.9. The van der Waals surface area contributed by atoms with Gasteiger partial charge in [-0.05, 0) is 62.2 Å². The molecule has 170 valence electrons. The highest BCUT2D eigenvalue weighted by molar-refractivity contribution is 7.46. The predicted molar refractivity (Wildman–Crippen MR) is 114 cm³/mol. The lowest BCUT2D eigenvalue weighted by Crippen LogP contribution is -2.33. The molecule has 10 heteroatoms. The molecule has 0 bridgehead atoms. The van der Waals surface area contributed by atoms with Crippen molar-refractivity contribution in [3.8, 4) is 11.5 Å². The van der Waals surface area contributed by atoms with Gasteiger partial charge in [0.15, 0.2) is 6.61 Å². The van der Waals surface area contributed by atoms with E-state index in [1.807, 2.05) is 19.1 Å². The molecule has 0 amide bonds. The minimum Gasteiger partial charge on any atom is -0.482 e. The molecular weight excluding hydrogens is 425 g/mol. The summed E-state index contributed by atoms with van der Waals surface area (Å²) in [6, 6.07) is 13.0. The highest BCUT2D eigenvalue weighted by Crippen LogP contribution is 2.37. The fraction of sp³-hybridized carbons (Fsp3) is 0.381. The van der Waals surface area contributed by atoms with Crippen molar-refractivity contribution in [2.75, 3.05) is 19.8 Å². The number of phosphoric acid groups is 1. The third-order valence-corrected chi connectivity index (χ3v) is 4.83. The summed E-state index contributed by atoms with van der Waals surface area (Å²) >= 11 is 0. The molecule has 0 heterocycles.